The molecule has 0 amide bonds. The van der Waals surface area contributed by atoms with E-state index >= 15 is 0 Å². The predicted octanol–water partition coefficient (Wildman–Crippen LogP) is 8.41. The topological polar surface area (TPSA) is 29.3 Å². The molecule has 156 valence electrons. The number of fused-ring (bicyclic) bond motifs is 7. The van der Waals surface area contributed by atoms with Crippen molar-refractivity contribution >= 4 is 38.8 Å². The number of para-hydroxylation sites is 2. The predicted molar refractivity (Wildman–Crippen MR) is 135 cm³/mol. The Morgan fingerprint density at radius 1 is 0.667 bits per heavy atom. The lowest BCUT2D eigenvalue weighted by Crippen LogP contribution is -2.13. The van der Waals surface area contributed by atoms with Crippen LogP contribution in [0.25, 0.3) is 44.0 Å². The van der Waals surface area contributed by atoms with Gasteiger partial charge in [-0.15, -0.1) is 0 Å². The molecular formula is C30H20N2O. The van der Waals surface area contributed by atoms with Crippen LogP contribution in [-0.2, 0) is 0 Å². The number of hydrogen-bond donors (Lipinski definition) is 0. The van der Waals surface area contributed by atoms with Gasteiger partial charge < -0.3 is 9.32 Å². The number of benzene rings is 4. The molecule has 3 nitrogen and oxygen atoms in total. The molecule has 0 fully saturated rings. The summed E-state index contributed by atoms with van der Waals surface area (Å²) in [6, 6.07) is 32.2. The largest absolute Gasteiger partial charge is 0.464 e. The first-order chi connectivity index (χ1) is 16.3. The molecule has 0 bridgehead atoms. The highest BCUT2D eigenvalue weighted by atomic mass is 16.3. The zero-order valence-electron chi connectivity index (χ0n) is 18.1. The van der Waals surface area contributed by atoms with Gasteiger partial charge in [0.15, 0.2) is 0 Å². The molecular weight excluding hydrogens is 404 g/mol. The Labute approximate surface area is 191 Å². The molecule has 0 radical (unpaired) electrons. The molecule has 3 heteroatoms. The third kappa shape index (κ3) is 2.60. The third-order valence-electron chi connectivity index (χ3n) is 6.64. The number of hydrogen-bond acceptors (Lipinski definition) is 3. The van der Waals surface area contributed by atoms with E-state index in [1.807, 2.05) is 12.3 Å². The second-order valence-corrected chi connectivity index (χ2v) is 8.51. The monoisotopic (exact) mass is 424 g/mol. The highest BCUT2D eigenvalue weighted by molar-refractivity contribution is 6.09. The Morgan fingerprint density at radius 3 is 2.12 bits per heavy atom. The fourth-order valence-corrected chi connectivity index (χ4v) is 5.15. The van der Waals surface area contributed by atoms with E-state index in [-0.39, 0.29) is 0 Å². The van der Waals surface area contributed by atoms with Crippen LogP contribution in [0, 0.1) is 6.92 Å². The minimum Gasteiger partial charge on any atom is -0.464 e. The van der Waals surface area contributed by atoms with Gasteiger partial charge in [0.1, 0.15) is 5.58 Å². The van der Waals surface area contributed by atoms with Crippen LogP contribution in [-0.4, -0.2) is 4.98 Å². The van der Waals surface area contributed by atoms with Gasteiger partial charge in [-0.2, -0.15) is 0 Å². The maximum atomic E-state index is 5.79. The van der Waals surface area contributed by atoms with Crippen LogP contribution in [0.15, 0.2) is 108 Å². The van der Waals surface area contributed by atoms with Crippen LogP contribution in [0.2, 0.25) is 0 Å². The summed E-state index contributed by atoms with van der Waals surface area (Å²) in [5.41, 5.74) is 10.0. The zero-order valence-corrected chi connectivity index (χ0v) is 18.1. The van der Waals surface area contributed by atoms with Gasteiger partial charge >= 0.3 is 0 Å². The summed E-state index contributed by atoms with van der Waals surface area (Å²) < 4.78 is 5.79. The molecule has 0 saturated heterocycles. The Morgan fingerprint density at radius 2 is 1.33 bits per heavy atom. The summed E-state index contributed by atoms with van der Waals surface area (Å²) in [7, 11) is 0. The van der Waals surface area contributed by atoms with E-state index < -0.39 is 0 Å². The molecule has 3 heterocycles. The number of nitrogens with zero attached hydrogens (tertiary/aromatic N) is 2. The van der Waals surface area contributed by atoms with Crippen molar-refractivity contribution in [3.63, 3.8) is 0 Å². The lowest BCUT2D eigenvalue weighted by Gasteiger charge is -2.29. The van der Waals surface area contributed by atoms with E-state index in [9.17, 15) is 0 Å². The van der Waals surface area contributed by atoms with Gasteiger partial charge in [0, 0.05) is 33.5 Å². The number of rotatable bonds is 1. The molecule has 0 N–H and O–H groups in total. The van der Waals surface area contributed by atoms with Crippen LogP contribution in [0.5, 0.6) is 0 Å². The van der Waals surface area contributed by atoms with Gasteiger partial charge in [0.2, 0.25) is 0 Å². The van der Waals surface area contributed by atoms with E-state index in [0.717, 1.165) is 39.1 Å². The summed E-state index contributed by atoms with van der Waals surface area (Å²) in [6.07, 6.45) is 3.73. The Balaban J connectivity index is 1.66. The van der Waals surface area contributed by atoms with Crippen molar-refractivity contribution in [2.75, 3.05) is 4.90 Å². The van der Waals surface area contributed by atoms with Crippen LogP contribution in [0.3, 0.4) is 0 Å². The second-order valence-electron chi connectivity index (χ2n) is 8.51. The Bertz CT molecular complexity index is 1610. The SMILES string of the molecule is Cc1ncc2ccccc2c1N1c2ccccc2-c2cc3ccoc3cc2-c2ccccc21. The van der Waals surface area contributed by atoms with E-state index in [1.165, 1.54) is 27.6 Å². The molecule has 0 atom stereocenters. The zero-order chi connectivity index (χ0) is 21.9. The number of aromatic nitrogens is 1. The Kier molecular flexibility index (Phi) is 3.76. The van der Waals surface area contributed by atoms with Gasteiger partial charge in [-0.25, -0.2) is 0 Å². The van der Waals surface area contributed by atoms with Crippen LogP contribution < -0.4 is 4.90 Å². The van der Waals surface area contributed by atoms with Crippen molar-refractivity contribution in [1.82, 2.24) is 4.98 Å². The van der Waals surface area contributed by atoms with Crippen molar-refractivity contribution in [3.8, 4) is 22.3 Å². The van der Waals surface area contributed by atoms with E-state index in [2.05, 4.69) is 96.8 Å². The maximum Gasteiger partial charge on any atom is 0.134 e. The average molecular weight is 425 g/mol. The fraction of sp³-hybridized carbons (Fsp3) is 0.0333. The molecule has 2 aromatic heterocycles. The second kappa shape index (κ2) is 6.81. The van der Waals surface area contributed by atoms with Gasteiger partial charge in [0.25, 0.3) is 0 Å². The van der Waals surface area contributed by atoms with Gasteiger partial charge in [-0.3, -0.25) is 4.98 Å². The Hall–Kier alpha value is -4.37. The minimum atomic E-state index is 0.900. The molecule has 0 unspecified atom stereocenters. The quantitative estimate of drug-likeness (QED) is 0.265. The lowest BCUT2D eigenvalue weighted by atomic mass is 9.93. The summed E-state index contributed by atoms with van der Waals surface area (Å²) >= 11 is 0. The molecule has 1 aliphatic heterocycles. The molecule has 6 aromatic rings. The van der Waals surface area contributed by atoms with E-state index in [0.29, 0.717) is 0 Å². The van der Waals surface area contributed by atoms with Crippen LogP contribution >= 0.6 is 0 Å². The smallest absolute Gasteiger partial charge is 0.134 e. The number of furan rings is 1. The first kappa shape index (κ1) is 18.2. The molecule has 0 spiro atoms. The summed E-state index contributed by atoms with van der Waals surface area (Å²) in [6.45, 7) is 2.10. The minimum absolute atomic E-state index is 0.900. The molecule has 0 saturated carbocycles. The van der Waals surface area contributed by atoms with Crippen molar-refractivity contribution in [1.29, 1.82) is 0 Å². The normalized spacial score (nSPS) is 12.3. The molecule has 4 aromatic carbocycles. The molecule has 0 aliphatic carbocycles. The lowest BCUT2D eigenvalue weighted by molar-refractivity contribution is 0.616. The van der Waals surface area contributed by atoms with Gasteiger partial charge in [0.05, 0.1) is 29.0 Å². The number of aryl methyl sites for hydroxylation is 1. The summed E-state index contributed by atoms with van der Waals surface area (Å²) in [4.78, 5) is 7.17. The summed E-state index contributed by atoms with van der Waals surface area (Å²) in [5, 5.41) is 3.43. The van der Waals surface area contributed by atoms with Crippen molar-refractivity contribution < 1.29 is 4.42 Å². The average Bonchev–Trinajstić information content (AvgIpc) is 3.29. The third-order valence-corrected chi connectivity index (χ3v) is 6.64. The van der Waals surface area contributed by atoms with Gasteiger partial charge in [-0.1, -0.05) is 60.7 Å². The number of anilines is 3. The van der Waals surface area contributed by atoms with E-state index in [1.54, 1.807) is 6.26 Å². The number of pyridine rings is 1. The van der Waals surface area contributed by atoms with Crippen LogP contribution in [0.4, 0.5) is 17.1 Å². The standard InChI is InChI=1S/C30H20N2O/c1-19-30(22-9-3-2-8-21(22)18-31-19)32-27-12-6-4-10-23(27)25-16-20-14-15-33-29(20)17-26(25)24-11-5-7-13-28(24)32/h2-18H,1H3. The first-order valence-corrected chi connectivity index (χ1v) is 11.1. The van der Waals surface area contributed by atoms with Crippen molar-refractivity contribution in [3.05, 3.63) is 109 Å². The van der Waals surface area contributed by atoms with Crippen LogP contribution in [0.1, 0.15) is 5.69 Å². The maximum absolute atomic E-state index is 5.79. The fourth-order valence-electron chi connectivity index (χ4n) is 5.15. The highest BCUT2D eigenvalue weighted by Gasteiger charge is 2.28. The highest BCUT2D eigenvalue weighted by Crippen LogP contribution is 2.52. The van der Waals surface area contributed by atoms with E-state index in [4.69, 9.17) is 9.40 Å². The molecule has 7 rings (SSSR count). The molecule has 1 aliphatic rings. The summed E-state index contributed by atoms with van der Waals surface area (Å²) in [5.74, 6) is 0. The van der Waals surface area contributed by atoms with Gasteiger partial charge in [-0.05, 0) is 48.4 Å². The van der Waals surface area contributed by atoms with Crippen molar-refractivity contribution in [2.45, 2.75) is 6.92 Å². The first-order valence-electron chi connectivity index (χ1n) is 11.1. The van der Waals surface area contributed by atoms with Crippen molar-refractivity contribution in [2.24, 2.45) is 0 Å². The molecule has 33 heavy (non-hydrogen) atoms.